The van der Waals surface area contributed by atoms with Crippen LogP contribution in [0.5, 0.6) is 0 Å². The summed E-state index contributed by atoms with van der Waals surface area (Å²) in [6.45, 7) is 0. The highest BCUT2D eigenvalue weighted by atomic mass is 79.9. The number of aliphatic hydroxyl groups excluding tert-OH is 1. The largest absolute Gasteiger partial charge is 0.392 e. The molecule has 1 aromatic rings. The third-order valence-electron chi connectivity index (χ3n) is 2.32. The lowest BCUT2D eigenvalue weighted by atomic mass is 10.2. The van der Waals surface area contributed by atoms with Gasteiger partial charge in [-0.05, 0) is 40.9 Å². The van der Waals surface area contributed by atoms with Crippen LogP contribution in [-0.4, -0.2) is 37.4 Å². The fraction of sp³-hybridized carbons (Fsp3) is 0.500. The molecule has 0 aliphatic carbocycles. The molecule has 0 saturated carbocycles. The molecule has 18 heavy (non-hydrogen) atoms. The SMILES string of the molecule is CS(=O)(=O)CCCC(O)CSc1ccccc1Br. The van der Waals surface area contributed by atoms with Crippen LogP contribution in [0.3, 0.4) is 0 Å². The molecular formula is C12H17BrO3S2. The van der Waals surface area contributed by atoms with Gasteiger partial charge in [-0.1, -0.05) is 12.1 Å². The Bertz CT molecular complexity index is 474. The Kier molecular flexibility index (Phi) is 6.70. The monoisotopic (exact) mass is 352 g/mol. The lowest BCUT2D eigenvalue weighted by Crippen LogP contribution is -2.12. The van der Waals surface area contributed by atoms with Crippen LogP contribution >= 0.6 is 27.7 Å². The topological polar surface area (TPSA) is 54.4 Å². The highest BCUT2D eigenvalue weighted by Gasteiger charge is 2.09. The van der Waals surface area contributed by atoms with E-state index < -0.39 is 15.9 Å². The Morgan fingerprint density at radius 1 is 1.39 bits per heavy atom. The fourth-order valence-corrected chi connectivity index (χ4v) is 3.65. The van der Waals surface area contributed by atoms with Crippen LogP contribution < -0.4 is 0 Å². The van der Waals surface area contributed by atoms with E-state index in [4.69, 9.17) is 0 Å². The summed E-state index contributed by atoms with van der Waals surface area (Å²) in [5.41, 5.74) is 0. The van der Waals surface area contributed by atoms with E-state index in [0.717, 1.165) is 9.37 Å². The van der Waals surface area contributed by atoms with Crippen LogP contribution in [0.1, 0.15) is 12.8 Å². The van der Waals surface area contributed by atoms with Crippen LogP contribution in [0, 0.1) is 0 Å². The first-order valence-corrected chi connectivity index (χ1v) is 9.45. The zero-order chi connectivity index (χ0) is 13.6. The van der Waals surface area contributed by atoms with Crippen molar-refractivity contribution in [2.45, 2.75) is 23.8 Å². The van der Waals surface area contributed by atoms with Crippen LogP contribution in [0.15, 0.2) is 33.6 Å². The average Bonchev–Trinajstić information content (AvgIpc) is 2.26. The molecule has 1 rings (SSSR count). The Hall–Kier alpha value is -0.0400. The molecule has 0 aliphatic rings. The second kappa shape index (κ2) is 7.53. The third-order valence-corrected chi connectivity index (χ3v) is 5.52. The minimum absolute atomic E-state index is 0.143. The first-order chi connectivity index (χ1) is 8.38. The molecule has 0 aliphatic heterocycles. The molecule has 0 spiro atoms. The number of rotatable bonds is 7. The van der Waals surface area contributed by atoms with Gasteiger partial charge in [0.15, 0.2) is 0 Å². The molecular weight excluding hydrogens is 336 g/mol. The van der Waals surface area contributed by atoms with E-state index in [9.17, 15) is 13.5 Å². The number of sulfone groups is 1. The van der Waals surface area contributed by atoms with E-state index in [-0.39, 0.29) is 5.75 Å². The molecule has 1 N–H and O–H groups in total. The van der Waals surface area contributed by atoms with E-state index in [1.807, 2.05) is 24.3 Å². The smallest absolute Gasteiger partial charge is 0.147 e. The lowest BCUT2D eigenvalue weighted by molar-refractivity contribution is 0.188. The molecule has 0 heterocycles. The highest BCUT2D eigenvalue weighted by molar-refractivity contribution is 9.10. The molecule has 0 bridgehead atoms. The van der Waals surface area contributed by atoms with Gasteiger partial charge in [0.05, 0.1) is 6.10 Å². The van der Waals surface area contributed by atoms with Gasteiger partial charge < -0.3 is 5.11 Å². The Labute approximate surface area is 121 Å². The molecule has 6 heteroatoms. The second-order valence-electron chi connectivity index (χ2n) is 4.17. The molecule has 0 amide bonds. The maximum atomic E-state index is 10.9. The number of halogens is 1. The minimum Gasteiger partial charge on any atom is -0.392 e. The van der Waals surface area contributed by atoms with Gasteiger partial charge in [0, 0.05) is 27.1 Å². The van der Waals surface area contributed by atoms with Crippen LogP contribution in [0.25, 0.3) is 0 Å². The van der Waals surface area contributed by atoms with Gasteiger partial charge in [0.1, 0.15) is 9.84 Å². The van der Waals surface area contributed by atoms with Crippen molar-refractivity contribution in [1.82, 2.24) is 0 Å². The predicted molar refractivity (Wildman–Crippen MR) is 79.8 cm³/mol. The van der Waals surface area contributed by atoms with Gasteiger partial charge in [-0.2, -0.15) is 0 Å². The van der Waals surface area contributed by atoms with Crippen molar-refractivity contribution in [1.29, 1.82) is 0 Å². The normalized spacial score (nSPS) is 13.5. The maximum absolute atomic E-state index is 10.9. The number of aliphatic hydroxyl groups is 1. The maximum Gasteiger partial charge on any atom is 0.147 e. The molecule has 102 valence electrons. The summed E-state index contributed by atoms with van der Waals surface area (Å²) in [6.07, 6.45) is 1.78. The van der Waals surface area contributed by atoms with Gasteiger partial charge in [0.25, 0.3) is 0 Å². The summed E-state index contributed by atoms with van der Waals surface area (Å²) in [7, 11) is -2.92. The summed E-state index contributed by atoms with van der Waals surface area (Å²) in [6, 6.07) is 7.83. The summed E-state index contributed by atoms with van der Waals surface area (Å²) in [4.78, 5) is 1.08. The Balaban J connectivity index is 2.29. The van der Waals surface area contributed by atoms with Crippen molar-refractivity contribution in [3.05, 3.63) is 28.7 Å². The summed E-state index contributed by atoms with van der Waals surface area (Å²) < 4.78 is 22.9. The quantitative estimate of drug-likeness (QED) is 0.766. The van der Waals surface area contributed by atoms with Crippen molar-refractivity contribution in [2.75, 3.05) is 17.8 Å². The Morgan fingerprint density at radius 2 is 2.06 bits per heavy atom. The molecule has 0 radical (unpaired) electrons. The van der Waals surface area contributed by atoms with Crippen molar-refractivity contribution >= 4 is 37.5 Å². The van der Waals surface area contributed by atoms with Crippen LogP contribution in [0.4, 0.5) is 0 Å². The van der Waals surface area contributed by atoms with E-state index in [2.05, 4.69) is 15.9 Å². The number of benzene rings is 1. The zero-order valence-electron chi connectivity index (χ0n) is 10.2. The van der Waals surface area contributed by atoms with Gasteiger partial charge >= 0.3 is 0 Å². The number of thioether (sulfide) groups is 1. The summed E-state index contributed by atoms with van der Waals surface area (Å²) in [5, 5.41) is 9.77. The van der Waals surface area contributed by atoms with Crippen LogP contribution in [0.2, 0.25) is 0 Å². The first-order valence-electron chi connectivity index (χ1n) is 5.61. The number of hydrogen-bond donors (Lipinski definition) is 1. The van der Waals surface area contributed by atoms with Gasteiger partial charge in [-0.15, -0.1) is 11.8 Å². The standard InChI is InChI=1S/C12H17BrO3S2/c1-18(15,16)8-4-5-10(14)9-17-12-7-3-2-6-11(12)13/h2-3,6-7,10,14H,4-5,8-9H2,1H3. The second-order valence-corrected chi connectivity index (χ2v) is 8.34. The molecule has 1 unspecified atom stereocenters. The summed E-state index contributed by atoms with van der Waals surface area (Å²) >= 11 is 5.01. The summed E-state index contributed by atoms with van der Waals surface area (Å²) in [5.74, 6) is 0.718. The van der Waals surface area contributed by atoms with Crippen molar-refractivity contribution in [3.63, 3.8) is 0 Å². The van der Waals surface area contributed by atoms with E-state index in [1.165, 1.54) is 6.26 Å². The molecule has 1 atom stereocenters. The van der Waals surface area contributed by atoms with Crippen molar-refractivity contribution in [2.24, 2.45) is 0 Å². The third kappa shape index (κ3) is 6.78. The van der Waals surface area contributed by atoms with Gasteiger partial charge in [-0.3, -0.25) is 0 Å². The minimum atomic E-state index is -2.92. The van der Waals surface area contributed by atoms with Crippen molar-refractivity contribution < 1.29 is 13.5 Å². The predicted octanol–water partition coefficient (Wildman–Crippen LogP) is 2.73. The van der Waals surface area contributed by atoms with E-state index in [1.54, 1.807) is 11.8 Å². The molecule has 1 aromatic carbocycles. The Morgan fingerprint density at radius 3 is 2.67 bits per heavy atom. The molecule has 3 nitrogen and oxygen atoms in total. The van der Waals surface area contributed by atoms with Crippen LogP contribution in [-0.2, 0) is 9.84 Å². The molecule has 0 aromatic heterocycles. The van der Waals surface area contributed by atoms with Gasteiger partial charge in [0.2, 0.25) is 0 Å². The van der Waals surface area contributed by atoms with Crippen molar-refractivity contribution in [3.8, 4) is 0 Å². The molecule has 0 saturated heterocycles. The average molecular weight is 353 g/mol. The lowest BCUT2D eigenvalue weighted by Gasteiger charge is -2.10. The first kappa shape index (κ1) is 16.0. The fourth-order valence-electron chi connectivity index (χ4n) is 1.41. The van der Waals surface area contributed by atoms with E-state index >= 15 is 0 Å². The van der Waals surface area contributed by atoms with E-state index in [0.29, 0.717) is 18.6 Å². The zero-order valence-corrected chi connectivity index (χ0v) is 13.4. The number of hydrogen-bond acceptors (Lipinski definition) is 4. The molecule has 0 fully saturated rings. The van der Waals surface area contributed by atoms with Gasteiger partial charge in [-0.25, -0.2) is 8.42 Å². The highest BCUT2D eigenvalue weighted by Crippen LogP contribution is 2.27.